The molecule has 0 saturated carbocycles. The zero-order valence-electron chi connectivity index (χ0n) is 17.2. The average molecular weight is 396 g/mol. The van der Waals surface area contributed by atoms with Gasteiger partial charge in [0.15, 0.2) is 0 Å². The van der Waals surface area contributed by atoms with Gasteiger partial charge < -0.3 is 10.1 Å². The second kappa shape index (κ2) is 10.1. The van der Waals surface area contributed by atoms with Crippen LogP contribution in [0.2, 0.25) is 0 Å². The lowest BCUT2D eigenvalue weighted by molar-refractivity contribution is -0.118. The molecule has 3 rings (SSSR count). The molecule has 0 spiro atoms. The highest BCUT2D eigenvalue weighted by atomic mass is 16.5. The van der Waals surface area contributed by atoms with Crippen LogP contribution in [0.15, 0.2) is 42.5 Å². The Hall–Kier alpha value is -2.86. The Morgan fingerprint density at radius 3 is 2.55 bits per heavy atom. The van der Waals surface area contributed by atoms with Crippen LogP contribution in [0.1, 0.15) is 37.8 Å². The first-order valence-corrected chi connectivity index (χ1v) is 10.3. The quantitative estimate of drug-likeness (QED) is 0.682. The minimum atomic E-state index is -0.495. The Labute approximate surface area is 172 Å². The molecule has 0 atom stereocenters. The minimum absolute atomic E-state index is 0.0618. The van der Waals surface area contributed by atoms with Crippen molar-refractivity contribution >= 4 is 29.1 Å². The SMILES string of the molecule is CCNCCCC(=O)N1c2ccccc2CCc2ccc(NC(=O)OCC)cc21. The molecular formula is C23H29N3O3. The lowest BCUT2D eigenvalue weighted by Gasteiger charge is -2.25. The predicted molar refractivity (Wildman–Crippen MR) is 116 cm³/mol. The standard InChI is InChI=1S/C23H29N3O3/c1-3-24-15-7-10-22(27)26-20-9-6-5-8-17(20)11-12-18-13-14-19(16-21(18)26)25-23(28)29-4-2/h5-6,8-9,13-14,16,24H,3-4,7,10-12,15H2,1-2H3,(H,25,28). The summed E-state index contributed by atoms with van der Waals surface area (Å²) in [6, 6.07) is 13.8. The number of amides is 2. The van der Waals surface area contributed by atoms with E-state index in [0.29, 0.717) is 18.7 Å². The highest BCUT2D eigenvalue weighted by Crippen LogP contribution is 2.38. The van der Waals surface area contributed by atoms with Crippen molar-refractivity contribution < 1.29 is 14.3 Å². The van der Waals surface area contributed by atoms with Crippen LogP contribution in [-0.4, -0.2) is 31.7 Å². The molecule has 0 saturated heterocycles. The first-order chi connectivity index (χ1) is 14.1. The van der Waals surface area contributed by atoms with Crippen LogP contribution in [0.25, 0.3) is 0 Å². The number of carbonyl (C=O) groups is 2. The lowest BCUT2D eigenvalue weighted by atomic mass is 10.0. The molecule has 0 fully saturated rings. The highest BCUT2D eigenvalue weighted by molar-refractivity contribution is 6.03. The fraction of sp³-hybridized carbons (Fsp3) is 0.391. The number of hydrogen-bond acceptors (Lipinski definition) is 4. The van der Waals surface area contributed by atoms with E-state index in [2.05, 4.69) is 23.6 Å². The second-order valence-corrected chi connectivity index (χ2v) is 7.00. The fourth-order valence-electron chi connectivity index (χ4n) is 3.61. The molecule has 0 aliphatic carbocycles. The Morgan fingerprint density at radius 1 is 1.03 bits per heavy atom. The normalized spacial score (nSPS) is 12.6. The van der Waals surface area contributed by atoms with Crippen LogP contribution in [0, 0.1) is 0 Å². The molecule has 0 bridgehead atoms. The maximum Gasteiger partial charge on any atom is 0.411 e. The molecule has 6 nitrogen and oxygen atoms in total. The monoisotopic (exact) mass is 395 g/mol. The van der Waals surface area contributed by atoms with Crippen molar-refractivity contribution in [2.24, 2.45) is 0 Å². The number of rotatable bonds is 7. The van der Waals surface area contributed by atoms with Crippen molar-refractivity contribution in [1.29, 1.82) is 0 Å². The van der Waals surface area contributed by atoms with Crippen molar-refractivity contribution in [2.45, 2.75) is 39.5 Å². The molecule has 0 aromatic heterocycles. The number of hydrogen-bond donors (Lipinski definition) is 2. The van der Waals surface area contributed by atoms with E-state index in [0.717, 1.165) is 54.9 Å². The first kappa shape index (κ1) is 20.9. The first-order valence-electron chi connectivity index (χ1n) is 10.3. The Balaban J connectivity index is 1.94. The average Bonchev–Trinajstić information content (AvgIpc) is 2.88. The maximum atomic E-state index is 13.3. The summed E-state index contributed by atoms with van der Waals surface area (Å²) in [4.78, 5) is 26.9. The van der Waals surface area contributed by atoms with Gasteiger partial charge in [-0.05, 0) is 68.6 Å². The third-order valence-corrected chi connectivity index (χ3v) is 4.99. The molecule has 0 radical (unpaired) electrons. The molecule has 2 aromatic carbocycles. The summed E-state index contributed by atoms with van der Waals surface area (Å²) in [7, 11) is 0. The van der Waals surface area contributed by atoms with E-state index in [9.17, 15) is 9.59 Å². The van der Waals surface area contributed by atoms with Crippen LogP contribution >= 0.6 is 0 Å². The molecule has 2 N–H and O–H groups in total. The van der Waals surface area contributed by atoms with Gasteiger partial charge in [-0.3, -0.25) is 15.0 Å². The van der Waals surface area contributed by atoms with Gasteiger partial charge in [-0.1, -0.05) is 31.2 Å². The van der Waals surface area contributed by atoms with Gasteiger partial charge in [0.1, 0.15) is 0 Å². The van der Waals surface area contributed by atoms with E-state index in [1.165, 1.54) is 0 Å². The number of para-hydroxylation sites is 1. The smallest absolute Gasteiger partial charge is 0.411 e. The summed E-state index contributed by atoms with van der Waals surface area (Å²) < 4.78 is 4.98. The van der Waals surface area contributed by atoms with E-state index in [1.54, 1.807) is 6.92 Å². The van der Waals surface area contributed by atoms with E-state index < -0.39 is 6.09 Å². The van der Waals surface area contributed by atoms with Gasteiger partial charge in [0.05, 0.1) is 18.0 Å². The maximum absolute atomic E-state index is 13.3. The van der Waals surface area contributed by atoms with Crippen LogP contribution in [0.5, 0.6) is 0 Å². The number of benzene rings is 2. The zero-order valence-corrected chi connectivity index (χ0v) is 17.2. The molecule has 2 aromatic rings. The molecule has 154 valence electrons. The number of nitrogens with one attached hydrogen (secondary N) is 2. The summed E-state index contributed by atoms with van der Waals surface area (Å²) in [5.74, 6) is 0.0618. The van der Waals surface area contributed by atoms with Crippen LogP contribution in [0.3, 0.4) is 0 Å². The molecule has 29 heavy (non-hydrogen) atoms. The predicted octanol–water partition coefficient (Wildman–Crippen LogP) is 4.41. The Morgan fingerprint density at radius 2 is 1.79 bits per heavy atom. The van der Waals surface area contributed by atoms with Gasteiger partial charge in [0.25, 0.3) is 0 Å². The van der Waals surface area contributed by atoms with Gasteiger partial charge in [-0.15, -0.1) is 0 Å². The number of carbonyl (C=O) groups excluding carboxylic acids is 2. The lowest BCUT2D eigenvalue weighted by Crippen LogP contribution is -2.28. The van der Waals surface area contributed by atoms with Gasteiger partial charge in [-0.2, -0.15) is 0 Å². The third-order valence-electron chi connectivity index (χ3n) is 4.99. The van der Waals surface area contributed by atoms with E-state index >= 15 is 0 Å². The summed E-state index contributed by atoms with van der Waals surface area (Å²) in [5, 5.41) is 6.02. The third kappa shape index (κ3) is 5.15. The van der Waals surface area contributed by atoms with Crippen molar-refractivity contribution in [3.63, 3.8) is 0 Å². The Kier molecular flexibility index (Phi) is 7.25. The molecule has 1 aliphatic heterocycles. The molecule has 2 amide bonds. The van der Waals surface area contributed by atoms with Crippen LogP contribution in [0.4, 0.5) is 21.9 Å². The second-order valence-electron chi connectivity index (χ2n) is 7.00. The largest absolute Gasteiger partial charge is 0.450 e. The number of aryl methyl sites for hydroxylation is 2. The highest BCUT2D eigenvalue weighted by Gasteiger charge is 2.26. The molecule has 1 heterocycles. The number of fused-ring (bicyclic) bond motifs is 2. The van der Waals surface area contributed by atoms with E-state index in [-0.39, 0.29) is 5.91 Å². The molecule has 6 heteroatoms. The number of ether oxygens (including phenoxy) is 1. The van der Waals surface area contributed by atoms with Gasteiger partial charge in [0.2, 0.25) is 5.91 Å². The Bertz CT molecular complexity index is 866. The van der Waals surface area contributed by atoms with Gasteiger partial charge in [0, 0.05) is 12.1 Å². The molecule has 1 aliphatic rings. The summed E-state index contributed by atoms with van der Waals surface area (Å²) in [6.07, 6.45) is 2.45. The topological polar surface area (TPSA) is 70.7 Å². The van der Waals surface area contributed by atoms with E-state index in [1.807, 2.05) is 41.3 Å². The minimum Gasteiger partial charge on any atom is -0.450 e. The van der Waals surface area contributed by atoms with Crippen molar-refractivity contribution in [2.75, 3.05) is 29.9 Å². The molecule has 0 unspecified atom stereocenters. The van der Waals surface area contributed by atoms with Gasteiger partial charge >= 0.3 is 6.09 Å². The van der Waals surface area contributed by atoms with E-state index in [4.69, 9.17) is 4.74 Å². The van der Waals surface area contributed by atoms with Crippen LogP contribution in [-0.2, 0) is 22.4 Å². The fourth-order valence-corrected chi connectivity index (χ4v) is 3.61. The summed E-state index contributed by atoms with van der Waals surface area (Å²) in [5.41, 5.74) is 4.62. The van der Waals surface area contributed by atoms with Crippen molar-refractivity contribution in [3.05, 3.63) is 53.6 Å². The van der Waals surface area contributed by atoms with Crippen molar-refractivity contribution in [1.82, 2.24) is 5.32 Å². The number of anilines is 3. The van der Waals surface area contributed by atoms with Gasteiger partial charge in [-0.25, -0.2) is 4.79 Å². The van der Waals surface area contributed by atoms with Crippen LogP contribution < -0.4 is 15.5 Å². The number of nitrogens with zero attached hydrogens (tertiary/aromatic N) is 1. The summed E-state index contributed by atoms with van der Waals surface area (Å²) >= 11 is 0. The van der Waals surface area contributed by atoms with Crippen molar-refractivity contribution in [3.8, 4) is 0 Å². The molecular weight excluding hydrogens is 366 g/mol. The zero-order chi connectivity index (χ0) is 20.6. The summed E-state index contributed by atoms with van der Waals surface area (Å²) in [6.45, 7) is 5.84.